The molecule has 2 rings (SSSR count). The molecule has 0 N–H and O–H groups in total. The molecule has 1 aromatic rings. The zero-order valence-electron chi connectivity index (χ0n) is 14.4. The van der Waals surface area contributed by atoms with E-state index in [0.29, 0.717) is 36.6 Å². The van der Waals surface area contributed by atoms with E-state index in [1.807, 2.05) is 6.92 Å². The molecule has 1 saturated heterocycles. The number of carbonyl (C=O) groups excluding carboxylic acids is 1. The first-order valence-electron chi connectivity index (χ1n) is 8.23. The third-order valence-corrected chi connectivity index (χ3v) is 6.56. The van der Waals surface area contributed by atoms with Crippen LogP contribution in [-0.4, -0.2) is 43.0 Å². The van der Waals surface area contributed by atoms with Crippen LogP contribution < -0.4 is 0 Å². The number of esters is 1. The highest BCUT2D eigenvalue weighted by Gasteiger charge is 2.34. The van der Waals surface area contributed by atoms with Gasteiger partial charge in [-0.3, -0.25) is 0 Å². The molecule has 0 unspecified atom stereocenters. The molecule has 0 amide bonds. The summed E-state index contributed by atoms with van der Waals surface area (Å²) in [6.07, 6.45) is 2.83. The first kappa shape index (κ1) is 18.0. The lowest BCUT2D eigenvalue weighted by Gasteiger charge is -2.26. The van der Waals surface area contributed by atoms with E-state index in [1.165, 1.54) is 0 Å². The molecule has 7 heteroatoms. The number of sulfonamides is 1. The van der Waals surface area contributed by atoms with E-state index in [4.69, 9.17) is 4.74 Å². The van der Waals surface area contributed by atoms with Crippen LogP contribution in [0.5, 0.6) is 0 Å². The zero-order valence-corrected chi connectivity index (χ0v) is 15.2. The molecule has 1 fully saturated rings. The molecule has 23 heavy (non-hydrogen) atoms. The first-order valence-corrected chi connectivity index (χ1v) is 9.67. The first-order chi connectivity index (χ1) is 10.9. The van der Waals surface area contributed by atoms with Crippen LogP contribution in [0, 0.1) is 13.8 Å². The lowest BCUT2D eigenvalue weighted by Crippen LogP contribution is -2.36. The maximum absolute atomic E-state index is 13.1. The highest BCUT2D eigenvalue weighted by Crippen LogP contribution is 2.31. The van der Waals surface area contributed by atoms with Gasteiger partial charge in [-0.1, -0.05) is 6.42 Å². The Hall–Kier alpha value is -1.34. The van der Waals surface area contributed by atoms with Crippen molar-refractivity contribution in [3.63, 3.8) is 0 Å². The standard InChI is InChI=1S/C16H26N2O4S/c1-5-18-13(4)15(12(3)14(18)16(19)22-6-2)23(20,21)17-10-8-7-9-11-17/h5-11H2,1-4H3. The van der Waals surface area contributed by atoms with Gasteiger partial charge in [-0.2, -0.15) is 4.31 Å². The molecule has 130 valence electrons. The van der Waals surface area contributed by atoms with Crippen molar-refractivity contribution in [3.8, 4) is 0 Å². The molecule has 0 radical (unpaired) electrons. The summed E-state index contributed by atoms with van der Waals surface area (Å²) in [5.41, 5.74) is 1.45. The van der Waals surface area contributed by atoms with Crippen molar-refractivity contribution in [1.82, 2.24) is 8.87 Å². The predicted molar refractivity (Wildman–Crippen MR) is 88.1 cm³/mol. The minimum atomic E-state index is -3.58. The fraction of sp³-hybridized carbons (Fsp3) is 0.688. The van der Waals surface area contributed by atoms with Gasteiger partial charge in [-0.05, 0) is 40.5 Å². The maximum atomic E-state index is 13.1. The molecule has 0 aromatic carbocycles. The predicted octanol–water partition coefficient (Wildman–Crippen LogP) is 2.48. The number of rotatable bonds is 5. The molecular formula is C16H26N2O4S. The maximum Gasteiger partial charge on any atom is 0.355 e. The Morgan fingerprint density at radius 1 is 1.13 bits per heavy atom. The van der Waals surface area contributed by atoms with E-state index in [9.17, 15) is 13.2 Å². The fourth-order valence-corrected chi connectivity index (χ4v) is 5.31. The third-order valence-electron chi connectivity index (χ3n) is 4.40. The molecule has 0 aliphatic carbocycles. The van der Waals surface area contributed by atoms with Crippen LogP contribution in [0.15, 0.2) is 4.90 Å². The molecule has 0 saturated carbocycles. The monoisotopic (exact) mass is 342 g/mol. The molecule has 0 spiro atoms. The highest BCUT2D eigenvalue weighted by atomic mass is 32.2. The van der Waals surface area contributed by atoms with Gasteiger partial charge in [0.15, 0.2) is 0 Å². The summed E-state index contributed by atoms with van der Waals surface area (Å²) in [6.45, 7) is 8.98. The molecule has 1 aliphatic rings. The van der Waals surface area contributed by atoms with Gasteiger partial charge in [0.1, 0.15) is 10.6 Å². The van der Waals surface area contributed by atoms with Gasteiger partial charge >= 0.3 is 5.97 Å². The normalized spacial score (nSPS) is 16.5. The Kier molecular flexibility index (Phi) is 5.52. The van der Waals surface area contributed by atoms with E-state index >= 15 is 0 Å². The smallest absolute Gasteiger partial charge is 0.355 e. The van der Waals surface area contributed by atoms with E-state index in [2.05, 4.69) is 0 Å². The minimum absolute atomic E-state index is 0.264. The second-order valence-electron chi connectivity index (χ2n) is 5.82. The van der Waals surface area contributed by atoms with Crippen LogP contribution >= 0.6 is 0 Å². The second kappa shape index (κ2) is 7.05. The topological polar surface area (TPSA) is 68.6 Å². The minimum Gasteiger partial charge on any atom is -0.461 e. The molecule has 0 bridgehead atoms. The van der Waals surface area contributed by atoms with Crippen molar-refractivity contribution in [2.45, 2.75) is 58.4 Å². The highest BCUT2D eigenvalue weighted by molar-refractivity contribution is 7.89. The van der Waals surface area contributed by atoms with Crippen LogP contribution in [0.4, 0.5) is 0 Å². The van der Waals surface area contributed by atoms with Crippen LogP contribution in [0.3, 0.4) is 0 Å². The molecule has 1 aromatic heterocycles. The quantitative estimate of drug-likeness (QED) is 0.771. The summed E-state index contributed by atoms with van der Waals surface area (Å²) >= 11 is 0. The summed E-state index contributed by atoms with van der Waals surface area (Å²) < 4.78 is 34.5. The van der Waals surface area contributed by atoms with Gasteiger partial charge in [0.2, 0.25) is 10.0 Å². The average molecular weight is 342 g/mol. The Balaban J connectivity index is 2.57. The number of nitrogens with zero attached hydrogens (tertiary/aromatic N) is 2. The number of hydrogen-bond donors (Lipinski definition) is 0. The van der Waals surface area contributed by atoms with E-state index in [0.717, 1.165) is 19.3 Å². The average Bonchev–Trinajstić information content (AvgIpc) is 2.79. The molecule has 6 nitrogen and oxygen atoms in total. The second-order valence-corrected chi connectivity index (χ2v) is 7.69. The van der Waals surface area contributed by atoms with Gasteiger partial charge in [0.25, 0.3) is 0 Å². The summed E-state index contributed by atoms with van der Waals surface area (Å²) in [5, 5.41) is 0. The number of piperidine rings is 1. The molecular weight excluding hydrogens is 316 g/mol. The van der Waals surface area contributed by atoms with Gasteiger partial charge in [0.05, 0.1) is 6.61 Å². The van der Waals surface area contributed by atoms with Crippen molar-refractivity contribution in [1.29, 1.82) is 0 Å². The van der Waals surface area contributed by atoms with Crippen molar-refractivity contribution in [2.24, 2.45) is 0 Å². The Bertz CT molecular complexity index is 685. The molecule has 1 aliphatic heterocycles. The van der Waals surface area contributed by atoms with Crippen LogP contribution in [0.25, 0.3) is 0 Å². The van der Waals surface area contributed by atoms with Crippen LogP contribution in [0.1, 0.15) is 54.9 Å². The van der Waals surface area contributed by atoms with Crippen LogP contribution in [-0.2, 0) is 21.3 Å². The SMILES string of the molecule is CCOC(=O)c1c(C)c(S(=O)(=O)N2CCCCC2)c(C)n1CC. The van der Waals surface area contributed by atoms with E-state index < -0.39 is 16.0 Å². The van der Waals surface area contributed by atoms with Gasteiger partial charge < -0.3 is 9.30 Å². The molecule has 2 heterocycles. The Morgan fingerprint density at radius 2 is 1.74 bits per heavy atom. The summed E-state index contributed by atoms with van der Waals surface area (Å²) in [7, 11) is -3.58. The van der Waals surface area contributed by atoms with Crippen molar-refractivity contribution < 1.29 is 17.9 Å². The summed E-state index contributed by atoms with van der Waals surface area (Å²) in [6, 6.07) is 0. The van der Waals surface area contributed by atoms with Crippen molar-refractivity contribution >= 4 is 16.0 Å². The number of ether oxygens (including phenoxy) is 1. The zero-order chi connectivity index (χ0) is 17.2. The van der Waals surface area contributed by atoms with E-state index in [1.54, 1.807) is 29.6 Å². The Morgan fingerprint density at radius 3 is 2.26 bits per heavy atom. The number of carbonyl (C=O) groups is 1. The lowest BCUT2D eigenvalue weighted by molar-refractivity contribution is 0.0512. The molecule has 0 atom stereocenters. The summed E-state index contributed by atoms with van der Waals surface area (Å²) in [5.74, 6) is -0.463. The Labute approximate surface area is 138 Å². The largest absolute Gasteiger partial charge is 0.461 e. The lowest BCUT2D eigenvalue weighted by atomic mass is 10.2. The van der Waals surface area contributed by atoms with Crippen molar-refractivity contribution in [3.05, 3.63) is 17.0 Å². The van der Waals surface area contributed by atoms with Crippen LogP contribution in [0.2, 0.25) is 0 Å². The summed E-state index contributed by atoms with van der Waals surface area (Å²) in [4.78, 5) is 12.5. The number of aromatic nitrogens is 1. The van der Waals surface area contributed by atoms with Gasteiger partial charge in [-0.15, -0.1) is 0 Å². The van der Waals surface area contributed by atoms with Crippen molar-refractivity contribution in [2.75, 3.05) is 19.7 Å². The fourth-order valence-electron chi connectivity index (χ4n) is 3.34. The van der Waals surface area contributed by atoms with E-state index in [-0.39, 0.29) is 11.5 Å². The van der Waals surface area contributed by atoms with Gasteiger partial charge in [0, 0.05) is 30.9 Å². The number of hydrogen-bond acceptors (Lipinski definition) is 4. The third kappa shape index (κ3) is 3.17. The van der Waals surface area contributed by atoms with Gasteiger partial charge in [-0.25, -0.2) is 13.2 Å².